The molecule has 0 bridgehead atoms. The van der Waals surface area contributed by atoms with Gasteiger partial charge in [-0.25, -0.2) is 4.98 Å². The van der Waals surface area contributed by atoms with Crippen molar-refractivity contribution in [1.29, 1.82) is 0 Å². The second kappa shape index (κ2) is 8.34. The van der Waals surface area contributed by atoms with E-state index in [1.54, 1.807) is 0 Å². The van der Waals surface area contributed by atoms with Crippen LogP contribution in [0.15, 0.2) is 71.3 Å². The lowest BCUT2D eigenvalue weighted by atomic mass is 9.92. The van der Waals surface area contributed by atoms with Crippen LogP contribution in [0.2, 0.25) is 0 Å². The first-order valence-electron chi connectivity index (χ1n) is 12.7. The molecule has 0 aliphatic rings. The van der Waals surface area contributed by atoms with E-state index >= 15 is 0 Å². The third-order valence-electron chi connectivity index (χ3n) is 7.21. The Bertz CT molecular complexity index is 1740. The Morgan fingerprint density at radius 1 is 0.806 bits per heavy atom. The van der Waals surface area contributed by atoms with E-state index in [0.717, 1.165) is 50.1 Å². The number of benzene rings is 3. The molecule has 0 aliphatic heterocycles. The molecule has 6 aromatic rings. The zero-order valence-corrected chi connectivity index (χ0v) is 21.8. The molecule has 0 radical (unpaired) electrons. The van der Waals surface area contributed by atoms with Crippen LogP contribution >= 0.6 is 0 Å². The summed E-state index contributed by atoms with van der Waals surface area (Å²) in [5, 5.41) is 2.25. The minimum Gasteiger partial charge on any atom is -0.455 e. The molecule has 0 N–H and O–H groups in total. The van der Waals surface area contributed by atoms with Crippen molar-refractivity contribution in [1.82, 2.24) is 14.5 Å². The molecule has 0 atom stereocenters. The van der Waals surface area contributed by atoms with E-state index in [-0.39, 0.29) is 0 Å². The van der Waals surface area contributed by atoms with Gasteiger partial charge in [-0.15, -0.1) is 0 Å². The highest BCUT2D eigenvalue weighted by molar-refractivity contribution is 6.09. The first kappa shape index (κ1) is 22.5. The van der Waals surface area contributed by atoms with Crippen molar-refractivity contribution in [2.75, 3.05) is 0 Å². The van der Waals surface area contributed by atoms with E-state index in [4.69, 9.17) is 9.40 Å². The smallest absolute Gasteiger partial charge is 0.149 e. The molecule has 6 rings (SSSR count). The molecule has 180 valence electrons. The van der Waals surface area contributed by atoms with E-state index in [1.807, 2.05) is 12.3 Å². The molecule has 0 amide bonds. The average molecular weight is 474 g/mol. The molecule has 4 nitrogen and oxygen atoms in total. The Hall–Kier alpha value is -3.92. The van der Waals surface area contributed by atoms with Crippen molar-refractivity contribution in [3.05, 3.63) is 89.2 Å². The molecule has 0 saturated carbocycles. The molecule has 0 spiro atoms. The van der Waals surface area contributed by atoms with E-state index in [1.165, 1.54) is 22.4 Å². The zero-order chi connectivity index (χ0) is 25.1. The third-order valence-corrected chi connectivity index (χ3v) is 7.21. The number of rotatable bonds is 4. The molecular weight excluding hydrogens is 442 g/mol. The van der Waals surface area contributed by atoms with Crippen LogP contribution in [-0.2, 0) is 0 Å². The second-order valence-corrected chi connectivity index (χ2v) is 10.4. The van der Waals surface area contributed by atoms with Gasteiger partial charge in [-0.05, 0) is 61.1 Å². The summed E-state index contributed by atoms with van der Waals surface area (Å²) in [6.07, 6.45) is 1.85. The quantitative estimate of drug-likeness (QED) is 0.257. The molecule has 4 heteroatoms. The first-order valence-corrected chi connectivity index (χ1v) is 12.7. The minimum atomic E-state index is 0.353. The SMILES string of the molecule is Cc1ccc2oc3c(-c4nc5ccnc(C)c5n4-c4c(C(C)C)cccc4C(C)C)cccc3c2c1. The van der Waals surface area contributed by atoms with Crippen LogP contribution < -0.4 is 0 Å². The van der Waals surface area contributed by atoms with Gasteiger partial charge in [0, 0.05) is 17.0 Å². The van der Waals surface area contributed by atoms with Gasteiger partial charge in [0.25, 0.3) is 0 Å². The summed E-state index contributed by atoms with van der Waals surface area (Å²) in [6, 6.07) is 21.4. The molecule has 0 unspecified atom stereocenters. The first-order chi connectivity index (χ1) is 17.3. The van der Waals surface area contributed by atoms with Gasteiger partial charge in [-0.1, -0.05) is 69.7 Å². The largest absolute Gasteiger partial charge is 0.455 e. The lowest BCUT2D eigenvalue weighted by Gasteiger charge is -2.23. The van der Waals surface area contributed by atoms with Crippen LogP contribution in [-0.4, -0.2) is 14.5 Å². The van der Waals surface area contributed by atoms with E-state index in [9.17, 15) is 0 Å². The Kier molecular flexibility index (Phi) is 5.22. The van der Waals surface area contributed by atoms with Crippen LogP contribution in [0.4, 0.5) is 0 Å². The number of hydrogen-bond donors (Lipinski definition) is 0. The van der Waals surface area contributed by atoms with Gasteiger partial charge in [-0.2, -0.15) is 0 Å². The molecule has 3 aromatic heterocycles. The predicted molar refractivity (Wildman–Crippen MR) is 149 cm³/mol. The van der Waals surface area contributed by atoms with Crippen LogP contribution in [0.5, 0.6) is 0 Å². The molecule has 0 fully saturated rings. The number of aryl methyl sites for hydroxylation is 2. The van der Waals surface area contributed by atoms with Gasteiger partial charge in [0.1, 0.15) is 17.0 Å². The summed E-state index contributed by atoms with van der Waals surface area (Å²) in [5.74, 6) is 1.59. The standard InChI is InChI=1S/C32H31N3O/c1-18(2)22-9-7-10-23(19(3)4)30(22)35-29-21(6)33-16-15-27(29)34-32(35)25-12-8-11-24-26-17-20(5)13-14-28(26)36-31(24)25/h7-19H,1-6H3. The number of nitrogens with zero attached hydrogens (tertiary/aromatic N) is 3. The summed E-state index contributed by atoms with van der Waals surface area (Å²) in [4.78, 5) is 9.89. The topological polar surface area (TPSA) is 43.9 Å². The minimum absolute atomic E-state index is 0.353. The number of para-hydroxylation sites is 2. The molecule has 3 heterocycles. The number of aromatic nitrogens is 3. The summed E-state index contributed by atoms with van der Waals surface area (Å²) in [6.45, 7) is 13.2. The number of hydrogen-bond acceptors (Lipinski definition) is 3. The van der Waals surface area contributed by atoms with Crippen LogP contribution in [0.1, 0.15) is 61.9 Å². The van der Waals surface area contributed by atoms with Gasteiger partial charge in [0.05, 0.1) is 28.0 Å². The fourth-order valence-corrected chi connectivity index (χ4v) is 5.44. The van der Waals surface area contributed by atoms with E-state index in [0.29, 0.717) is 11.8 Å². The van der Waals surface area contributed by atoms with Crippen molar-refractivity contribution in [3.8, 4) is 17.1 Å². The van der Waals surface area contributed by atoms with E-state index in [2.05, 4.69) is 106 Å². The third kappa shape index (κ3) is 3.35. The highest BCUT2D eigenvalue weighted by Gasteiger charge is 2.25. The highest BCUT2D eigenvalue weighted by Crippen LogP contribution is 2.41. The fraction of sp³-hybridized carbons (Fsp3) is 0.250. The molecule has 3 aromatic carbocycles. The number of imidazole rings is 1. The van der Waals surface area contributed by atoms with Gasteiger partial charge >= 0.3 is 0 Å². The molecule has 36 heavy (non-hydrogen) atoms. The predicted octanol–water partition coefficient (Wildman–Crippen LogP) is 8.85. The normalized spacial score (nSPS) is 12.1. The lowest BCUT2D eigenvalue weighted by Crippen LogP contribution is -2.09. The maximum absolute atomic E-state index is 6.50. The van der Waals surface area contributed by atoms with Gasteiger partial charge in [0.2, 0.25) is 0 Å². The molecule has 0 aliphatic carbocycles. The summed E-state index contributed by atoms with van der Waals surface area (Å²) < 4.78 is 8.84. The Morgan fingerprint density at radius 2 is 1.53 bits per heavy atom. The molecular formula is C32H31N3O. The van der Waals surface area contributed by atoms with Crippen molar-refractivity contribution in [2.45, 2.75) is 53.4 Å². The number of furan rings is 1. The van der Waals surface area contributed by atoms with E-state index < -0.39 is 0 Å². The summed E-state index contributed by atoms with van der Waals surface area (Å²) in [5.41, 5.74) is 10.7. The van der Waals surface area contributed by atoms with Crippen LogP contribution in [0, 0.1) is 13.8 Å². The molecule has 0 saturated heterocycles. The van der Waals surface area contributed by atoms with Crippen molar-refractivity contribution in [3.63, 3.8) is 0 Å². The number of fused-ring (bicyclic) bond motifs is 4. The maximum Gasteiger partial charge on any atom is 0.149 e. The van der Waals surface area contributed by atoms with Crippen molar-refractivity contribution in [2.24, 2.45) is 0 Å². The van der Waals surface area contributed by atoms with Gasteiger partial charge in [-0.3, -0.25) is 9.55 Å². The summed E-state index contributed by atoms with van der Waals surface area (Å²) >= 11 is 0. The second-order valence-electron chi connectivity index (χ2n) is 10.4. The maximum atomic E-state index is 6.50. The monoisotopic (exact) mass is 473 g/mol. The van der Waals surface area contributed by atoms with Crippen LogP contribution in [0.25, 0.3) is 50.0 Å². The van der Waals surface area contributed by atoms with Crippen molar-refractivity contribution < 1.29 is 4.42 Å². The zero-order valence-electron chi connectivity index (χ0n) is 21.8. The summed E-state index contributed by atoms with van der Waals surface area (Å²) in [7, 11) is 0. The lowest BCUT2D eigenvalue weighted by molar-refractivity contribution is 0.669. The van der Waals surface area contributed by atoms with Gasteiger partial charge in [0.15, 0.2) is 0 Å². The number of pyridine rings is 1. The average Bonchev–Trinajstić information content (AvgIpc) is 3.42. The van der Waals surface area contributed by atoms with Crippen LogP contribution in [0.3, 0.4) is 0 Å². The Labute approximate surface area is 211 Å². The van der Waals surface area contributed by atoms with Crippen molar-refractivity contribution >= 4 is 33.0 Å². The fourth-order valence-electron chi connectivity index (χ4n) is 5.44. The van der Waals surface area contributed by atoms with Gasteiger partial charge < -0.3 is 4.42 Å². The highest BCUT2D eigenvalue weighted by atomic mass is 16.3. The Morgan fingerprint density at radius 3 is 2.25 bits per heavy atom. The Balaban J connectivity index is 1.79.